The molecule has 3 N–H and O–H groups in total. The van der Waals surface area contributed by atoms with Crippen LogP contribution < -0.4 is 11.2 Å². The lowest BCUT2D eigenvalue weighted by molar-refractivity contribution is 0.0454. The lowest BCUT2D eigenvalue weighted by Crippen LogP contribution is -2.40. The molecule has 0 aromatic rings. The van der Waals surface area contributed by atoms with Crippen molar-refractivity contribution in [1.29, 1.82) is 0 Å². The van der Waals surface area contributed by atoms with Crippen LogP contribution in [0.4, 0.5) is 4.79 Å². The van der Waals surface area contributed by atoms with Gasteiger partial charge in [-0.25, -0.2) is 10.7 Å². The molecule has 0 radical (unpaired) electrons. The van der Waals surface area contributed by atoms with Gasteiger partial charge in [0.1, 0.15) is 5.60 Å². The number of rotatable bonds is 3. The van der Waals surface area contributed by atoms with Crippen molar-refractivity contribution in [3.05, 3.63) is 0 Å². The summed E-state index contributed by atoms with van der Waals surface area (Å²) in [4.78, 5) is 15.5. The summed E-state index contributed by atoms with van der Waals surface area (Å²) in [5.41, 5.74) is -0.479. The van der Waals surface area contributed by atoms with Gasteiger partial charge in [-0.15, -0.1) is 0 Å². The van der Waals surface area contributed by atoms with E-state index in [-0.39, 0.29) is 12.6 Å². The molecule has 0 aromatic carbocycles. The third-order valence-electron chi connectivity index (χ3n) is 1.11. The van der Waals surface area contributed by atoms with Gasteiger partial charge in [-0.2, -0.15) is 0 Å². The molecule has 1 amide bonds. The third-order valence-corrected chi connectivity index (χ3v) is 1.11. The molecule has 0 aliphatic carbocycles. The van der Waals surface area contributed by atoms with E-state index in [9.17, 15) is 4.79 Å². The zero-order chi connectivity index (χ0) is 10.5. The smallest absolute Gasteiger partial charge is 0.407 e. The van der Waals surface area contributed by atoms with Crippen LogP contribution in [-0.2, 0) is 9.57 Å². The van der Waals surface area contributed by atoms with E-state index in [4.69, 9.17) is 10.6 Å². The zero-order valence-corrected chi connectivity index (χ0v) is 8.59. The first-order chi connectivity index (χ1) is 5.85. The number of ether oxygens (including phenoxy) is 1. The summed E-state index contributed by atoms with van der Waals surface area (Å²) in [5, 5.41) is 2.57. The van der Waals surface area contributed by atoms with Crippen LogP contribution >= 0.6 is 0 Å². The first kappa shape index (κ1) is 12.2. The van der Waals surface area contributed by atoms with Crippen molar-refractivity contribution in [2.75, 3.05) is 6.61 Å². The predicted molar refractivity (Wildman–Crippen MR) is 49.0 cm³/mol. The largest absolute Gasteiger partial charge is 0.444 e. The van der Waals surface area contributed by atoms with E-state index in [0.29, 0.717) is 0 Å². The van der Waals surface area contributed by atoms with E-state index in [1.165, 1.54) is 0 Å². The maximum atomic E-state index is 11.1. The molecule has 78 valence electrons. The maximum Gasteiger partial charge on any atom is 0.407 e. The summed E-state index contributed by atoms with van der Waals surface area (Å²) in [7, 11) is 0. The Kier molecular flexibility index (Phi) is 4.72. The van der Waals surface area contributed by atoms with Gasteiger partial charge in [0.25, 0.3) is 0 Å². The number of amides is 1. The minimum atomic E-state index is -0.479. The number of carbonyl (C=O) groups excluding carboxylic acids is 1. The molecular weight excluding hydrogens is 172 g/mol. The highest BCUT2D eigenvalue weighted by molar-refractivity contribution is 5.68. The Hall–Kier alpha value is -0.810. The van der Waals surface area contributed by atoms with Crippen molar-refractivity contribution in [3.63, 3.8) is 0 Å². The standard InChI is InChI=1S/C8H18N2O3/c1-6(5-12-9)10-7(11)13-8(2,3)4/h6H,5,9H2,1-4H3,(H,10,11). The second-order valence-electron chi connectivity index (χ2n) is 3.88. The molecule has 0 rings (SSSR count). The molecule has 0 saturated heterocycles. The Morgan fingerprint density at radius 2 is 2.08 bits per heavy atom. The molecule has 0 aliphatic heterocycles. The molecule has 0 saturated carbocycles. The van der Waals surface area contributed by atoms with E-state index < -0.39 is 11.7 Å². The highest BCUT2D eigenvalue weighted by Gasteiger charge is 2.17. The van der Waals surface area contributed by atoms with E-state index >= 15 is 0 Å². The zero-order valence-electron chi connectivity index (χ0n) is 8.59. The van der Waals surface area contributed by atoms with Crippen LogP contribution in [0.25, 0.3) is 0 Å². The first-order valence-electron chi connectivity index (χ1n) is 4.16. The van der Waals surface area contributed by atoms with Crippen LogP contribution in [0.3, 0.4) is 0 Å². The molecule has 5 nitrogen and oxygen atoms in total. The van der Waals surface area contributed by atoms with Gasteiger partial charge in [0.15, 0.2) is 0 Å². The van der Waals surface area contributed by atoms with Gasteiger partial charge in [0, 0.05) is 0 Å². The summed E-state index contributed by atoms with van der Waals surface area (Å²) in [5.74, 6) is 4.84. The third kappa shape index (κ3) is 7.55. The van der Waals surface area contributed by atoms with Crippen LogP contribution in [-0.4, -0.2) is 24.3 Å². The Bertz CT molecular complexity index is 165. The molecule has 1 atom stereocenters. The fourth-order valence-corrected chi connectivity index (χ4v) is 0.695. The average Bonchev–Trinajstić information content (AvgIpc) is 1.81. The van der Waals surface area contributed by atoms with Gasteiger partial charge in [0.2, 0.25) is 0 Å². The van der Waals surface area contributed by atoms with Gasteiger partial charge in [-0.3, -0.25) is 0 Å². The minimum Gasteiger partial charge on any atom is -0.444 e. The van der Waals surface area contributed by atoms with E-state index in [2.05, 4.69) is 10.2 Å². The summed E-state index contributed by atoms with van der Waals surface area (Å²) in [6.45, 7) is 7.44. The summed E-state index contributed by atoms with van der Waals surface area (Å²) >= 11 is 0. The summed E-state index contributed by atoms with van der Waals surface area (Å²) in [6, 6.07) is -0.153. The van der Waals surface area contributed by atoms with Gasteiger partial charge in [0.05, 0.1) is 12.6 Å². The van der Waals surface area contributed by atoms with Crippen LogP contribution in [0, 0.1) is 0 Å². The van der Waals surface area contributed by atoms with Crippen molar-refractivity contribution in [2.45, 2.75) is 39.3 Å². The fourth-order valence-electron chi connectivity index (χ4n) is 0.695. The summed E-state index contributed by atoms with van der Waals surface area (Å²) in [6.07, 6.45) is -0.461. The molecule has 5 heteroatoms. The molecule has 1 unspecified atom stereocenters. The number of alkyl carbamates (subject to hydrolysis) is 1. The predicted octanol–water partition coefficient (Wildman–Crippen LogP) is 0.790. The highest BCUT2D eigenvalue weighted by Crippen LogP contribution is 2.06. The lowest BCUT2D eigenvalue weighted by atomic mass is 10.2. The van der Waals surface area contributed by atoms with E-state index in [1.807, 2.05) is 0 Å². The number of hydrogen-bond donors (Lipinski definition) is 2. The molecule has 0 fully saturated rings. The molecule has 0 aromatic heterocycles. The quantitative estimate of drug-likeness (QED) is 0.645. The van der Waals surface area contributed by atoms with Gasteiger partial charge >= 0.3 is 6.09 Å². The molecule has 13 heavy (non-hydrogen) atoms. The van der Waals surface area contributed by atoms with Crippen LogP contribution in [0.5, 0.6) is 0 Å². The maximum absolute atomic E-state index is 11.1. The monoisotopic (exact) mass is 190 g/mol. The first-order valence-corrected chi connectivity index (χ1v) is 4.16. The fraction of sp³-hybridized carbons (Fsp3) is 0.875. The van der Waals surface area contributed by atoms with Gasteiger partial charge in [-0.05, 0) is 27.7 Å². The summed E-state index contributed by atoms with van der Waals surface area (Å²) < 4.78 is 5.01. The Morgan fingerprint density at radius 1 is 1.54 bits per heavy atom. The molecule has 0 spiro atoms. The van der Waals surface area contributed by atoms with Crippen molar-refractivity contribution in [2.24, 2.45) is 5.90 Å². The van der Waals surface area contributed by atoms with Crippen molar-refractivity contribution in [3.8, 4) is 0 Å². The molecule has 0 bridgehead atoms. The SMILES string of the molecule is CC(CON)NC(=O)OC(C)(C)C. The number of hydrogen-bond acceptors (Lipinski definition) is 4. The van der Waals surface area contributed by atoms with Crippen molar-refractivity contribution in [1.82, 2.24) is 5.32 Å². The van der Waals surface area contributed by atoms with E-state index in [1.54, 1.807) is 27.7 Å². The highest BCUT2D eigenvalue weighted by atomic mass is 16.6. The molecule has 0 heterocycles. The van der Waals surface area contributed by atoms with Crippen LogP contribution in [0.2, 0.25) is 0 Å². The Morgan fingerprint density at radius 3 is 2.46 bits per heavy atom. The minimum absolute atomic E-state index is 0.153. The van der Waals surface area contributed by atoms with E-state index in [0.717, 1.165) is 0 Å². The second kappa shape index (κ2) is 5.04. The van der Waals surface area contributed by atoms with Gasteiger partial charge < -0.3 is 14.9 Å². The van der Waals surface area contributed by atoms with Crippen molar-refractivity contribution < 1.29 is 14.4 Å². The molecule has 0 aliphatic rings. The van der Waals surface area contributed by atoms with Gasteiger partial charge in [-0.1, -0.05) is 0 Å². The number of carbonyl (C=O) groups is 1. The van der Waals surface area contributed by atoms with Crippen LogP contribution in [0.1, 0.15) is 27.7 Å². The number of nitrogens with one attached hydrogen (secondary N) is 1. The molecular formula is C8H18N2O3. The number of nitrogens with two attached hydrogens (primary N) is 1. The van der Waals surface area contributed by atoms with Crippen LogP contribution in [0.15, 0.2) is 0 Å². The second-order valence-corrected chi connectivity index (χ2v) is 3.88. The Balaban J connectivity index is 3.74. The topological polar surface area (TPSA) is 73.6 Å². The average molecular weight is 190 g/mol. The normalized spacial score (nSPS) is 13.6. The van der Waals surface area contributed by atoms with Crippen molar-refractivity contribution >= 4 is 6.09 Å². The lowest BCUT2D eigenvalue weighted by Gasteiger charge is -2.21. The Labute approximate surface area is 78.5 Å².